The first-order valence-corrected chi connectivity index (χ1v) is 9.54. The first-order chi connectivity index (χ1) is 14.3. The zero-order chi connectivity index (χ0) is 21.8. The number of methoxy groups -OCH3 is 2. The summed E-state index contributed by atoms with van der Waals surface area (Å²) in [4.78, 5) is 41.1. The third-order valence-corrected chi connectivity index (χ3v) is 4.98. The van der Waals surface area contributed by atoms with Crippen molar-refractivity contribution in [2.45, 2.75) is 19.4 Å². The highest BCUT2D eigenvalue weighted by Gasteiger charge is 2.30. The van der Waals surface area contributed by atoms with Crippen LogP contribution in [0.15, 0.2) is 42.5 Å². The van der Waals surface area contributed by atoms with Gasteiger partial charge in [-0.25, -0.2) is 0 Å². The summed E-state index contributed by atoms with van der Waals surface area (Å²) < 4.78 is 10.4. The van der Waals surface area contributed by atoms with Gasteiger partial charge in [0, 0.05) is 25.1 Å². The van der Waals surface area contributed by atoms with Crippen molar-refractivity contribution in [2.24, 2.45) is 0 Å². The Bertz CT molecular complexity index is 975. The predicted octanol–water partition coefficient (Wildman–Crippen LogP) is 2.54. The molecule has 0 bridgehead atoms. The number of fused-ring (bicyclic) bond motifs is 1. The van der Waals surface area contributed by atoms with Crippen LogP contribution in [0.5, 0.6) is 11.5 Å². The number of ether oxygens (including phenoxy) is 2. The minimum absolute atomic E-state index is 0.139. The molecule has 8 nitrogen and oxygen atoms in total. The molecule has 0 saturated carbocycles. The highest BCUT2D eigenvalue weighted by atomic mass is 16.5. The number of carbonyl (C=O) groups excluding carboxylic acids is 3. The van der Waals surface area contributed by atoms with Gasteiger partial charge in [-0.3, -0.25) is 14.4 Å². The summed E-state index contributed by atoms with van der Waals surface area (Å²) in [5.74, 6) is 0.194. The number of benzene rings is 2. The Labute approximate surface area is 175 Å². The molecule has 1 N–H and O–H groups in total. The average molecular weight is 411 g/mol. The monoisotopic (exact) mass is 411 g/mol. The van der Waals surface area contributed by atoms with E-state index in [1.54, 1.807) is 48.3 Å². The molecule has 2 aromatic carbocycles. The van der Waals surface area contributed by atoms with Gasteiger partial charge in [-0.1, -0.05) is 12.1 Å². The van der Waals surface area contributed by atoms with Gasteiger partial charge in [-0.05, 0) is 37.3 Å². The summed E-state index contributed by atoms with van der Waals surface area (Å²) in [6.07, 6.45) is 0.174. The van der Waals surface area contributed by atoms with Crippen LogP contribution in [0.2, 0.25) is 0 Å². The maximum atomic E-state index is 13.1. The molecule has 30 heavy (non-hydrogen) atoms. The molecule has 3 amide bonds. The lowest BCUT2D eigenvalue weighted by Crippen LogP contribution is -2.45. The molecule has 8 heteroatoms. The molecule has 1 heterocycles. The standard InChI is InChI=1S/C22H25N3O5/c1-14-11-20(26)23-16-7-5-6-8-17(16)25(14)21(27)13-24(2)22(28)15-9-10-18(29-3)19(12-15)30-4/h5-10,12,14H,11,13H2,1-4H3,(H,23,26)/t14-/m0/s1. The number of rotatable bonds is 5. The second-order valence-corrected chi connectivity index (χ2v) is 7.11. The third-order valence-electron chi connectivity index (χ3n) is 4.98. The minimum Gasteiger partial charge on any atom is -0.493 e. The first kappa shape index (κ1) is 21.2. The third kappa shape index (κ3) is 4.22. The van der Waals surface area contributed by atoms with Crippen LogP contribution in [0.3, 0.4) is 0 Å². The Kier molecular flexibility index (Phi) is 6.25. The van der Waals surface area contributed by atoms with E-state index < -0.39 is 0 Å². The molecule has 1 atom stereocenters. The Morgan fingerprint density at radius 3 is 2.53 bits per heavy atom. The number of para-hydroxylation sites is 2. The number of hydrogen-bond donors (Lipinski definition) is 1. The van der Waals surface area contributed by atoms with Crippen LogP contribution < -0.4 is 19.7 Å². The van der Waals surface area contributed by atoms with E-state index in [2.05, 4.69) is 5.32 Å². The van der Waals surface area contributed by atoms with Crippen LogP contribution >= 0.6 is 0 Å². The highest BCUT2D eigenvalue weighted by molar-refractivity contribution is 6.06. The lowest BCUT2D eigenvalue weighted by molar-refractivity contribution is -0.119. The second-order valence-electron chi connectivity index (χ2n) is 7.11. The predicted molar refractivity (Wildman–Crippen MR) is 113 cm³/mol. The fourth-order valence-corrected chi connectivity index (χ4v) is 3.51. The lowest BCUT2D eigenvalue weighted by atomic mass is 10.1. The van der Waals surface area contributed by atoms with Crippen molar-refractivity contribution < 1.29 is 23.9 Å². The summed E-state index contributed by atoms with van der Waals surface area (Å²) in [6, 6.07) is 11.6. The largest absolute Gasteiger partial charge is 0.493 e. The van der Waals surface area contributed by atoms with Crippen LogP contribution in [0.1, 0.15) is 23.7 Å². The molecule has 0 aliphatic carbocycles. The summed E-state index contributed by atoms with van der Waals surface area (Å²) in [6.45, 7) is 1.68. The average Bonchev–Trinajstić information content (AvgIpc) is 2.86. The second kappa shape index (κ2) is 8.86. The molecule has 0 spiro atoms. The van der Waals surface area contributed by atoms with Crippen LogP contribution in [-0.2, 0) is 9.59 Å². The number of amides is 3. The molecule has 2 aromatic rings. The van der Waals surface area contributed by atoms with Crippen LogP contribution in [0.25, 0.3) is 0 Å². The molecule has 158 valence electrons. The van der Waals surface area contributed by atoms with E-state index in [9.17, 15) is 14.4 Å². The number of carbonyl (C=O) groups is 3. The van der Waals surface area contributed by atoms with Crippen molar-refractivity contribution in [2.75, 3.05) is 38.0 Å². The van der Waals surface area contributed by atoms with E-state index in [4.69, 9.17) is 9.47 Å². The summed E-state index contributed by atoms with van der Waals surface area (Å²) in [5.41, 5.74) is 1.57. The molecule has 0 unspecified atom stereocenters. The Morgan fingerprint density at radius 1 is 1.13 bits per heavy atom. The molecular formula is C22H25N3O5. The van der Waals surface area contributed by atoms with Gasteiger partial charge < -0.3 is 24.6 Å². The van der Waals surface area contributed by atoms with Gasteiger partial charge in [0.15, 0.2) is 11.5 Å². The van der Waals surface area contributed by atoms with E-state index in [0.29, 0.717) is 28.4 Å². The van der Waals surface area contributed by atoms with Gasteiger partial charge >= 0.3 is 0 Å². The first-order valence-electron chi connectivity index (χ1n) is 9.54. The molecule has 0 aromatic heterocycles. The fourth-order valence-electron chi connectivity index (χ4n) is 3.51. The maximum absolute atomic E-state index is 13.1. The Morgan fingerprint density at radius 2 is 1.83 bits per heavy atom. The number of nitrogens with one attached hydrogen (secondary N) is 1. The summed E-state index contributed by atoms with van der Waals surface area (Å²) in [5, 5.41) is 2.82. The zero-order valence-electron chi connectivity index (χ0n) is 17.5. The van der Waals surface area contributed by atoms with E-state index >= 15 is 0 Å². The van der Waals surface area contributed by atoms with Crippen molar-refractivity contribution in [3.8, 4) is 11.5 Å². The molecular weight excluding hydrogens is 386 g/mol. The summed E-state index contributed by atoms with van der Waals surface area (Å²) in [7, 11) is 4.57. The number of hydrogen-bond acceptors (Lipinski definition) is 5. The van der Waals surface area contributed by atoms with Crippen molar-refractivity contribution in [1.82, 2.24) is 4.90 Å². The molecule has 0 saturated heterocycles. The highest BCUT2D eigenvalue weighted by Crippen LogP contribution is 2.31. The number of nitrogens with zero attached hydrogens (tertiary/aromatic N) is 2. The van der Waals surface area contributed by atoms with E-state index in [1.165, 1.54) is 19.1 Å². The molecule has 0 fully saturated rings. The maximum Gasteiger partial charge on any atom is 0.254 e. The molecule has 1 aliphatic heterocycles. The van der Waals surface area contributed by atoms with Gasteiger partial charge in [0.1, 0.15) is 6.54 Å². The normalized spacial score (nSPS) is 15.5. The Hall–Kier alpha value is -3.55. The smallest absolute Gasteiger partial charge is 0.254 e. The molecule has 0 radical (unpaired) electrons. The number of anilines is 2. The number of likely N-dealkylation sites (N-methyl/N-ethyl adjacent to an activating group) is 1. The van der Waals surface area contributed by atoms with Gasteiger partial charge in [0.05, 0.1) is 25.6 Å². The minimum atomic E-state index is -0.342. The van der Waals surface area contributed by atoms with Crippen LogP contribution in [0.4, 0.5) is 11.4 Å². The van der Waals surface area contributed by atoms with Crippen molar-refractivity contribution >= 4 is 29.1 Å². The van der Waals surface area contributed by atoms with E-state index in [-0.39, 0.29) is 36.7 Å². The van der Waals surface area contributed by atoms with Gasteiger partial charge in [-0.2, -0.15) is 0 Å². The van der Waals surface area contributed by atoms with Gasteiger partial charge in [0.25, 0.3) is 5.91 Å². The quantitative estimate of drug-likeness (QED) is 0.817. The topological polar surface area (TPSA) is 88.2 Å². The van der Waals surface area contributed by atoms with E-state index in [1.807, 2.05) is 13.0 Å². The van der Waals surface area contributed by atoms with Gasteiger partial charge in [-0.15, -0.1) is 0 Å². The lowest BCUT2D eigenvalue weighted by Gasteiger charge is -2.29. The molecule has 3 rings (SSSR count). The Balaban J connectivity index is 1.81. The van der Waals surface area contributed by atoms with Crippen molar-refractivity contribution in [3.05, 3.63) is 48.0 Å². The van der Waals surface area contributed by atoms with Crippen molar-refractivity contribution in [3.63, 3.8) is 0 Å². The van der Waals surface area contributed by atoms with Crippen molar-refractivity contribution in [1.29, 1.82) is 0 Å². The molecule has 1 aliphatic rings. The fraction of sp³-hybridized carbons (Fsp3) is 0.318. The van der Waals surface area contributed by atoms with Crippen LogP contribution in [0, 0.1) is 0 Å². The summed E-state index contributed by atoms with van der Waals surface area (Å²) >= 11 is 0. The van der Waals surface area contributed by atoms with E-state index in [0.717, 1.165) is 0 Å². The zero-order valence-corrected chi connectivity index (χ0v) is 17.5. The van der Waals surface area contributed by atoms with Crippen LogP contribution in [-0.4, -0.2) is 56.5 Å². The SMILES string of the molecule is COc1ccc(C(=O)N(C)CC(=O)N2c3ccccc3NC(=O)C[C@@H]2C)cc1OC. The van der Waals surface area contributed by atoms with Gasteiger partial charge in [0.2, 0.25) is 11.8 Å².